The summed E-state index contributed by atoms with van der Waals surface area (Å²) in [7, 11) is 0. The lowest BCUT2D eigenvalue weighted by Crippen LogP contribution is -2.22. The number of aldehydes is 1. The first-order chi connectivity index (χ1) is 9.00. The highest BCUT2D eigenvalue weighted by atomic mass is 32.1. The zero-order valence-electron chi connectivity index (χ0n) is 9.81. The summed E-state index contributed by atoms with van der Waals surface area (Å²) in [6, 6.07) is 1.63. The minimum absolute atomic E-state index is 0.0284. The summed E-state index contributed by atoms with van der Waals surface area (Å²) in [5, 5.41) is 1.70. The van der Waals surface area contributed by atoms with Crippen LogP contribution in [0.1, 0.15) is 16.1 Å². The molecule has 19 heavy (non-hydrogen) atoms. The Morgan fingerprint density at radius 3 is 2.95 bits per heavy atom. The number of hydrogen-bond donors (Lipinski definition) is 0. The normalized spacial score (nSPS) is 19.1. The molecule has 2 nitrogen and oxygen atoms in total. The molecule has 0 spiro atoms. The molecular weight excluding hydrogens is 277 g/mol. The first-order valence-corrected chi connectivity index (χ1v) is 6.48. The second-order valence-corrected chi connectivity index (χ2v) is 5.03. The van der Waals surface area contributed by atoms with Gasteiger partial charge in [-0.2, -0.15) is 13.2 Å². The Bertz CT molecular complexity index is 514. The first-order valence-electron chi connectivity index (χ1n) is 5.60. The van der Waals surface area contributed by atoms with Gasteiger partial charge in [0.2, 0.25) is 0 Å². The van der Waals surface area contributed by atoms with Gasteiger partial charge in [-0.1, -0.05) is 18.2 Å². The molecule has 0 saturated carbocycles. The molecule has 2 rings (SSSR count). The second kappa shape index (κ2) is 5.61. The maximum Gasteiger partial charge on any atom is 0.395 e. The summed E-state index contributed by atoms with van der Waals surface area (Å²) in [4.78, 5) is 11.1. The molecule has 1 atom stereocenters. The van der Waals surface area contributed by atoms with Gasteiger partial charge >= 0.3 is 6.18 Å². The largest absolute Gasteiger partial charge is 0.487 e. The molecule has 102 valence electrons. The Kier molecular flexibility index (Phi) is 4.09. The molecule has 6 heteroatoms. The van der Waals surface area contributed by atoms with Gasteiger partial charge in [0.25, 0.3) is 0 Å². The van der Waals surface area contributed by atoms with Gasteiger partial charge in [-0.05, 0) is 23.4 Å². The summed E-state index contributed by atoms with van der Waals surface area (Å²) < 4.78 is 43.1. The maximum atomic E-state index is 12.6. The average Bonchev–Trinajstić information content (AvgIpc) is 2.83. The van der Waals surface area contributed by atoms with E-state index in [-0.39, 0.29) is 13.0 Å². The summed E-state index contributed by atoms with van der Waals surface area (Å²) in [6.07, 6.45) is 0.689. The second-order valence-electron chi connectivity index (χ2n) is 4.08. The van der Waals surface area contributed by atoms with Gasteiger partial charge in [0, 0.05) is 0 Å². The quantitative estimate of drug-likeness (QED) is 0.783. The van der Waals surface area contributed by atoms with Gasteiger partial charge in [0.1, 0.15) is 17.2 Å². The number of rotatable bonds is 4. The predicted molar refractivity (Wildman–Crippen MR) is 66.6 cm³/mol. The molecule has 0 radical (unpaired) electrons. The fourth-order valence-corrected chi connectivity index (χ4v) is 2.38. The van der Waals surface area contributed by atoms with Crippen LogP contribution in [0.3, 0.4) is 0 Å². The first kappa shape index (κ1) is 13.9. The molecule has 0 aromatic carbocycles. The van der Waals surface area contributed by atoms with Crippen LogP contribution in [0.15, 0.2) is 35.2 Å². The number of thiophene rings is 1. The van der Waals surface area contributed by atoms with Crippen molar-refractivity contribution in [3.63, 3.8) is 0 Å². The molecule has 1 aliphatic carbocycles. The van der Waals surface area contributed by atoms with E-state index in [1.165, 1.54) is 23.5 Å². The highest BCUT2D eigenvalue weighted by Crippen LogP contribution is 2.33. The van der Waals surface area contributed by atoms with Gasteiger partial charge in [0.05, 0.1) is 5.92 Å². The van der Waals surface area contributed by atoms with Crippen LogP contribution in [0.4, 0.5) is 13.2 Å². The van der Waals surface area contributed by atoms with Crippen LogP contribution in [0.5, 0.6) is 5.75 Å². The highest BCUT2D eigenvalue weighted by Gasteiger charge is 2.38. The number of allylic oxidation sites excluding steroid dienone is 2. The molecule has 0 saturated heterocycles. The van der Waals surface area contributed by atoms with Crippen LogP contribution in [0.25, 0.3) is 0 Å². The molecule has 0 aliphatic heterocycles. The van der Waals surface area contributed by atoms with E-state index in [4.69, 9.17) is 4.74 Å². The minimum Gasteiger partial charge on any atom is -0.487 e. The third-order valence-electron chi connectivity index (χ3n) is 2.72. The third-order valence-corrected chi connectivity index (χ3v) is 3.54. The number of ether oxygens (including phenoxy) is 1. The molecule has 0 amide bonds. The van der Waals surface area contributed by atoms with Gasteiger partial charge in [-0.15, -0.1) is 11.3 Å². The van der Waals surface area contributed by atoms with Crippen molar-refractivity contribution in [2.75, 3.05) is 6.61 Å². The lowest BCUT2D eigenvalue weighted by Gasteiger charge is -2.19. The molecule has 1 aliphatic rings. The zero-order valence-corrected chi connectivity index (χ0v) is 10.6. The van der Waals surface area contributed by atoms with Crippen LogP contribution < -0.4 is 4.74 Å². The monoisotopic (exact) mass is 288 g/mol. The van der Waals surface area contributed by atoms with E-state index < -0.39 is 12.1 Å². The number of halogens is 3. The lowest BCUT2D eigenvalue weighted by atomic mass is 9.96. The van der Waals surface area contributed by atoms with E-state index in [1.54, 1.807) is 17.5 Å². The number of alkyl halides is 3. The number of hydrogen-bond acceptors (Lipinski definition) is 3. The van der Waals surface area contributed by atoms with Crippen molar-refractivity contribution in [1.82, 2.24) is 0 Å². The van der Waals surface area contributed by atoms with E-state index in [9.17, 15) is 18.0 Å². The Balaban J connectivity index is 2.01. The molecule has 0 fully saturated rings. The SMILES string of the molecule is O=Cc1sccc1OCC1=CC(C(F)(F)F)CC=C1. The van der Waals surface area contributed by atoms with E-state index >= 15 is 0 Å². The molecule has 0 N–H and O–H groups in total. The van der Waals surface area contributed by atoms with Gasteiger partial charge in [0.15, 0.2) is 6.29 Å². The van der Waals surface area contributed by atoms with Gasteiger partial charge in [-0.3, -0.25) is 4.79 Å². The van der Waals surface area contributed by atoms with E-state index in [0.29, 0.717) is 22.5 Å². The third kappa shape index (κ3) is 3.47. The molecule has 1 aromatic rings. The van der Waals surface area contributed by atoms with E-state index in [2.05, 4.69) is 0 Å². The fraction of sp³-hybridized carbons (Fsp3) is 0.308. The zero-order chi connectivity index (χ0) is 13.9. The number of carbonyl (C=O) groups excluding carboxylic acids is 1. The Morgan fingerprint density at radius 1 is 1.47 bits per heavy atom. The summed E-state index contributed by atoms with van der Waals surface area (Å²) in [5.41, 5.74) is 0.469. The standard InChI is InChI=1S/C13H11F3O2S/c14-13(15,16)10-3-1-2-9(6-10)8-18-11-4-5-19-12(11)7-17/h1-2,4-7,10H,3,8H2. The van der Waals surface area contributed by atoms with Crippen LogP contribution in [0.2, 0.25) is 0 Å². The summed E-state index contributed by atoms with van der Waals surface area (Å²) in [6.45, 7) is 0.0284. The van der Waals surface area contributed by atoms with Gasteiger partial charge < -0.3 is 4.74 Å². The van der Waals surface area contributed by atoms with Crippen LogP contribution in [-0.4, -0.2) is 19.1 Å². The van der Waals surface area contributed by atoms with Crippen LogP contribution in [0, 0.1) is 5.92 Å². The van der Waals surface area contributed by atoms with E-state index in [1.807, 2.05) is 0 Å². The lowest BCUT2D eigenvalue weighted by molar-refractivity contribution is -0.160. The molecular formula is C13H11F3O2S. The Labute approximate surface area is 112 Å². The molecule has 1 aromatic heterocycles. The minimum atomic E-state index is -4.23. The van der Waals surface area contributed by atoms with Crippen LogP contribution >= 0.6 is 11.3 Å². The topological polar surface area (TPSA) is 26.3 Å². The fourth-order valence-electron chi connectivity index (χ4n) is 1.75. The van der Waals surface area contributed by atoms with Crippen molar-refractivity contribution < 1.29 is 22.7 Å². The highest BCUT2D eigenvalue weighted by molar-refractivity contribution is 7.12. The van der Waals surface area contributed by atoms with Crippen LogP contribution in [-0.2, 0) is 0 Å². The van der Waals surface area contributed by atoms with E-state index in [0.717, 1.165) is 0 Å². The van der Waals surface area contributed by atoms with Crippen molar-refractivity contribution in [2.45, 2.75) is 12.6 Å². The van der Waals surface area contributed by atoms with Crippen molar-refractivity contribution in [3.8, 4) is 5.75 Å². The molecule has 0 bridgehead atoms. The molecule has 1 heterocycles. The van der Waals surface area contributed by atoms with Crippen molar-refractivity contribution >= 4 is 17.6 Å². The Hall–Kier alpha value is -1.56. The molecule has 1 unspecified atom stereocenters. The average molecular weight is 288 g/mol. The summed E-state index contributed by atoms with van der Waals surface area (Å²) >= 11 is 1.23. The van der Waals surface area contributed by atoms with Gasteiger partial charge in [-0.25, -0.2) is 0 Å². The van der Waals surface area contributed by atoms with Crippen molar-refractivity contribution in [1.29, 1.82) is 0 Å². The number of carbonyl (C=O) groups is 1. The van der Waals surface area contributed by atoms with Crippen molar-refractivity contribution in [2.24, 2.45) is 5.92 Å². The summed E-state index contributed by atoms with van der Waals surface area (Å²) in [5.74, 6) is -1.05. The predicted octanol–water partition coefficient (Wildman–Crippen LogP) is 4.00. The van der Waals surface area contributed by atoms with Crippen molar-refractivity contribution in [3.05, 3.63) is 40.1 Å². The maximum absolute atomic E-state index is 12.6. The Morgan fingerprint density at radius 2 is 2.26 bits per heavy atom. The smallest absolute Gasteiger partial charge is 0.395 e.